The smallest absolute Gasteiger partial charge is 0.123 e. The predicted molar refractivity (Wildman–Crippen MR) is 119 cm³/mol. The van der Waals surface area contributed by atoms with E-state index in [1.54, 1.807) is 7.11 Å². The minimum atomic E-state index is -0.906. The van der Waals surface area contributed by atoms with Gasteiger partial charge in [0.25, 0.3) is 0 Å². The lowest BCUT2D eigenvalue weighted by Gasteiger charge is -2.36. The van der Waals surface area contributed by atoms with Crippen LogP contribution in [0.4, 0.5) is 0 Å². The van der Waals surface area contributed by atoms with Gasteiger partial charge in [-0.3, -0.25) is 0 Å². The molecule has 1 heterocycles. The lowest BCUT2D eigenvalue weighted by molar-refractivity contribution is -0.000283. The molecule has 4 unspecified atom stereocenters. The minimum absolute atomic E-state index is 0.0387. The first-order chi connectivity index (χ1) is 13.8. The molecule has 2 aromatic rings. The van der Waals surface area contributed by atoms with Crippen LogP contribution in [0.3, 0.4) is 0 Å². The van der Waals surface area contributed by atoms with Crippen molar-refractivity contribution in [2.75, 3.05) is 13.7 Å². The lowest BCUT2D eigenvalue weighted by Crippen LogP contribution is -2.42. The molecule has 1 fully saturated rings. The number of rotatable bonds is 6. The van der Waals surface area contributed by atoms with Crippen molar-refractivity contribution in [3.63, 3.8) is 0 Å². The third kappa shape index (κ3) is 4.97. The van der Waals surface area contributed by atoms with Crippen LogP contribution in [0, 0.1) is 6.92 Å². The molecule has 0 spiro atoms. The van der Waals surface area contributed by atoms with Crippen LogP contribution in [0.15, 0.2) is 36.4 Å². The molecule has 29 heavy (non-hydrogen) atoms. The normalized spacial score (nSPS) is 24.7. The van der Waals surface area contributed by atoms with Crippen LogP contribution >= 0.6 is 11.8 Å². The van der Waals surface area contributed by atoms with E-state index in [9.17, 15) is 15.3 Å². The molecule has 5 heteroatoms. The van der Waals surface area contributed by atoms with Gasteiger partial charge in [0.15, 0.2) is 0 Å². The van der Waals surface area contributed by atoms with E-state index < -0.39 is 17.5 Å². The van der Waals surface area contributed by atoms with Crippen molar-refractivity contribution >= 4 is 11.8 Å². The fourth-order valence-electron chi connectivity index (χ4n) is 3.91. The number of hydrogen-bond acceptors (Lipinski definition) is 5. The quantitative estimate of drug-likeness (QED) is 0.665. The average Bonchev–Trinajstić information content (AvgIpc) is 2.71. The number of aryl methyl sites for hydroxylation is 1. The SMILES string of the molecule is COc1cc(C)c(Cc2ccc(C(C)C)cc2)cc1C1CC(O)C(O)C(CO)S1. The Kier molecular flexibility index (Phi) is 7.28. The van der Waals surface area contributed by atoms with Gasteiger partial charge in [-0.2, -0.15) is 0 Å². The largest absolute Gasteiger partial charge is 0.496 e. The Morgan fingerprint density at radius 1 is 1.14 bits per heavy atom. The number of aliphatic hydroxyl groups is 3. The van der Waals surface area contributed by atoms with Crippen molar-refractivity contribution in [2.24, 2.45) is 0 Å². The van der Waals surface area contributed by atoms with Crippen LogP contribution < -0.4 is 4.74 Å². The Hall–Kier alpha value is -1.53. The molecule has 1 aliphatic rings. The molecular weight excluding hydrogens is 384 g/mol. The summed E-state index contributed by atoms with van der Waals surface area (Å²) in [7, 11) is 1.66. The highest BCUT2D eigenvalue weighted by Crippen LogP contribution is 2.46. The number of hydrogen-bond donors (Lipinski definition) is 3. The number of thioether (sulfide) groups is 1. The Morgan fingerprint density at radius 2 is 1.83 bits per heavy atom. The Bertz CT molecular complexity index is 818. The van der Waals surface area contributed by atoms with E-state index in [0.717, 1.165) is 17.7 Å². The van der Waals surface area contributed by atoms with Gasteiger partial charge < -0.3 is 20.1 Å². The van der Waals surface area contributed by atoms with Crippen molar-refractivity contribution < 1.29 is 20.1 Å². The van der Waals surface area contributed by atoms with Crippen molar-refractivity contribution in [2.45, 2.75) is 62.2 Å². The minimum Gasteiger partial charge on any atom is -0.496 e. The third-order valence-corrected chi connectivity index (χ3v) is 7.38. The zero-order chi connectivity index (χ0) is 21.1. The van der Waals surface area contributed by atoms with E-state index in [4.69, 9.17) is 4.74 Å². The standard InChI is InChI=1S/C24H32O4S/c1-14(2)17-7-5-16(6-8-17)10-18-11-19(21(28-4)9-15(18)3)22-12-20(26)24(27)23(13-25)29-22/h5-9,11,14,20,22-27H,10,12-13H2,1-4H3. The molecular formula is C24H32O4S. The summed E-state index contributed by atoms with van der Waals surface area (Å²) >= 11 is 1.51. The first-order valence-electron chi connectivity index (χ1n) is 10.2. The van der Waals surface area contributed by atoms with Crippen LogP contribution in [-0.4, -0.2) is 46.5 Å². The summed E-state index contributed by atoms with van der Waals surface area (Å²) in [5.41, 5.74) is 6.00. The number of methoxy groups -OCH3 is 1. The van der Waals surface area contributed by atoms with Crippen LogP contribution in [-0.2, 0) is 6.42 Å². The van der Waals surface area contributed by atoms with Crippen molar-refractivity contribution in [3.05, 3.63) is 64.2 Å². The molecule has 0 amide bonds. The molecule has 0 radical (unpaired) electrons. The summed E-state index contributed by atoms with van der Waals surface area (Å²) in [6, 6.07) is 13.0. The lowest BCUT2D eigenvalue weighted by atomic mass is 9.93. The van der Waals surface area contributed by atoms with Gasteiger partial charge in [-0.05, 0) is 54.0 Å². The third-order valence-electron chi connectivity index (χ3n) is 5.83. The first kappa shape index (κ1) is 22.2. The van der Waals surface area contributed by atoms with E-state index in [0.29, 0.717) is 12.3 Å². The fraction of sp³-hybridized carbons (Fsp3) is 0.500. The zero-order valence-electron chi connectivity index (χ0n) is 17.6. The Balaban J connectivity index is 1.90. The van der Waals surface area contributed by atoms with E-state index in [2.05, 4.69) is 57.2 Å². The maximum Gasteiger partial charge on any atom is 0.123 e. The summed E-state index contributed by atoms with van der Waals surface area (Å²) in [5.74, 6) is 1.31. The second-order valence-corrected chi connectivity index (χ2v) is 9.68. The molecule has 3 rings (SSSR count). The van der Waals surface area contributed by atoms with Crippen LogP contribution in [0.1, 0.15) is 59.3 Å². The predicted octanol–water partition coefficient (Wildman–Crippen LogP) is 3.98. The maximum absolute atomic E-state index is 10.3. The van der Waals surface area contributed by atoms with Gasteiger partial charge in [0.1, 0.15) is 5.75 Å². The van der Waals surface area contributed by atoms with E-state index in [1.807, 2.05) is 0 Å². The molecule has 0 bridgehead atoms. The highest BCUT2D eigenvalue weighted by Gasteiger charge is 2.37. The maximum atomic E-state index is 10.3. The van der Waals surface area contributed by atoms with Crippen LogP contribution in [0.5, 0.6) is 5.75 Å². The first-order valence-corrected chi connectivity index (χ1v) is 11.2. The van der Waals surface area contributed by atoms with Gasteiger partial charge in [0.05, 0.1) is 31.2 Å². The molecule has 0 aromatic heterocycles. The molecule has 4 nitrogen and oxygen atoms in total. The zero-order valence-corrected chi connectivity index (χ0v) is 18.4. The van der Waals surface area contributed by atoms with Gasteiger partial charge in [0.2, 0.25) is 0 Å². The highest BCUT2D eigenvalue weighted by atomic mass is 32.2. The topological polar surface area (TPSA) is 69.9 Å². The highest BCUT2D eigenvalue weighted by molar-refractivity contribution is 8.00. The summed E-state index contributed by atoms with van der Waals surface area (Å²) in [6.45, 7) is 6.32. The molecule has 158 valence electrons. The van der Waals surface area contributed by atoms with Crippen molar-refractivity contribution in [1.82, 2.24) is 0 Å². The van der Waals surface area contributed by atoms with Crippen LogP contribution in [0.2, 0.25) is 0 Å². The molecule has 2 aromatic carbocycles. The monoisotopic (exact) mass is 416 g/mol. The summed E-state index contributed by atoms with van der Waals surface area (Å²) in [5, 5.41) is 29.6. The van der Waals surface area contributed by atoms with E-state index in [1.165, 1.54) is 34.0 Å². The second-order valence-electron chi connectivity index (χ2n) is 8.23. The second kappa shape index (κ2) is 9.52. The van der Waals surface area contributed by atoms with Crippen LogP contribution in [0.25, 0.3) is 0 Å². The summed E-state index contributed by atoms with van der Waals surface area (Å²) in [4.78, 5) is 0. The van der Waals surface area contributed by atoms with Gasteiger partial charge in [-0.15, -0.1) is 11.8 Å². The molecule has 0 aliphatic carbocycles. The Labute approximate surface area is 177 Å². The van der Waals surface area contributed by atoms with E-state index >= 15 is 0 Å². The molecule has 1 saturated heterocycles. The molecule has 4 atom stereocenters. The number of aliphatic hydroxyl groups excluding tert-OH is 3. The molecule has 3 N–H and O–H groups in total. The van der Waals surface area contributed by atoms with Gasteiger partial charge in [-0.25, -0.2) is 0 Å². The van der Waals surface area contributed by atoms with Crippen molar-refractivity contribution in [1.29, 1.82) is 0 Å². The fourth-order valence-corrected chi connectivity index (χ4v) is 5.40. The summed E-state index contributed by atoms with van der Waals surface area (Å²) < 4.78 is 5.64. The van der Waals surface area contributed by atoms with Gasteiger partial charge in [0, 0.05) is 10.8 Å². The Morgan fingerprint density at radius 3 is 2.41 bits per heavy atom. The van der Waals surface area contributed by atoms with Gasteiger partial charge >= 0.3 is 0 Å². The number of benzene rings is 2. The average molecular weight is 417 g/mol. The molecule has 1 aliphatic heterocycles. The van der Waals surface area contributed by atoms with Gasteiger partial charge in [-0.1, -0.05) is 44.2 Å². The summed E-state index contributed by atoms with van der Waals surface area (Å²) in [6.07, 6.45) is -0.495. The van der Waals surface area contributed by atoms with Crippen molar-refractivity contribution in [3.8, 4) is 5.75 Å². The van der Waals surface area contributed by atoms with E-state index in [-0.39, 0.29) is 11.9 Å². The molecule has 0 saturated carbocycles. The number of ether oxygens (including phenoxy) is 1.